The van der Waals surface area contributed by atoms with Crippen molar-refractivity contribution in [2.24, 2.45) is 46.3 Å². The average Bonchev–Trinajstić information content (AvgIpc) is 3.21. The summed E-state index contributed by atoms with van der Waals surface area (Å²) >= 11 is 0. The fourth-order valence-corrected chi connectivity index (χ4v) is 10.2. The number of nitrogens with one attached hydrogen (secondary N) is 1. The molecule has 3 saturated carbocycles. The van der Waals surface area contributed by atoms with Crippen molar-refractivity contribution in [1.82, 2.24) is 5.32 Å². The second-order valence-electron chi connectivity index (χ2n) is 13.4. The third-order valence-corrected chi connectivity index (χ3v) is 11.9. The maximum atomic E-state index is 11.5. The van der Waals surface area contributed by atoms with Crippen LogP contribution in [0, 0.1) is 46.3 Å². The number of hydrogen-bond acceptors (Lipinski definition) is 4. The minimum atomic E-state index is -0.127. The quantitative estimate of drug-likeness (QED) is 0.397. The zero-order valence-electron chi connectivity index (χ0n) is 21.5. The van der Waals surface area contributed by atoms with Crippen LogP contribution in [0.15, 0.2) is 11.6 Å². The van der Waals surface area contributed by atoms with Gasteiger partial charge in [0.2, 0.25) is 0 Å². The molecule has 4 nitrogen and oxygen atoms in total. The Morgan fingerprint density at radius 3 is 2.67 bits per heavy atom. The van der Waals surface area contributed by atoms with Crippen LogP contribution in [-0.4, -0.2) is 30.4 Å². The Bertz CT molecular complexity index is 844. The molecule has 0 aromatic heterocycles. The molecule has 0 bridgehead atoms. The van der Waals surface area contributed by atoms with Crippen molar-refractivity contribution in [3.8, 4) is 0 Å². The van der Waals surface area contributed by atoms with Crippen molar-refractivity contribution in [2.45, 2.75) is 110 Å². The highest BCUT2D eigenvalue weighted by molar-refractivity contribution is 5.66. The van der Waals surface area contributed by atoms with Gasteiger partial charge in [0.1, 0.15) is 11.8 Å². The molecule has 1 N–H and O–H groups in total. The van der Waals surface area contributed by atoms with Crippen LogP contribution in [0.25, 0.3) is 0 Å². The number of esters is 1. The molecule has 2 heterocycles. The van der Waals surface area contributed by atoms with Gasteiger partial charge in [0.05, 0.1) is 6.10 Å². The first-order valence-corrected chi connectivity index (χ1v) is 14.0. The second-order valence-corrected chi connectivity index (χ2v) is 13.4. The van der Waals surface area contributed by atoms with E-state index < -0.39 is 0 Å². The Morgan fingerprint density at radius 2 is 1.94 bits per heavy atom. The van der Waals surface area contributed by atoms with Crippen LogP contribution in [-0.2, 0) is 14.3 Å². The highest BCUT2D eigenvalue weighted by atomic mass is 16.5. The van der Waals surface area contributed by atoms with Gasteiger partial charge in [-0.25, -0.2) is 0 Å². The standard InChI is InChI=1S/C29H45NO3/c1-17-8-13-29(30-16-17)18(2)26-25(33-29)15-24-22-7-6-20-14-21(32-19(3)31)9-11-27(20,4)23(22)10-12-28(24,26)5/h6,17-18,21-26,30H,7-16H2,1-5H3/t17-,18-,21+,22-,23+,24+,25+,26+,27+,28+,29-/m1/s1. The molecular weight excluding hydrogens is 410 g/mol. The molecule has 2 aliphatic heterocycles. The van der Waals surface area contributed by atoms with E-state index in [4.69, 9.17) is 9.47 Å². The zero-order chi connectivity index (χ0) is 23.2. The second kappa shape index (κ2) is 7.56. The van der Waals surface area contributed by atoms with Crippen LogP contribution in [0.5, 0.6) is 0 Å². The maximum absolute atomic E-state index is 11.5. The van der Waals surface area contributed by atoms with Gasteiger partial charge in [0, 0.05) is 25.8 Å². The van der Waals surface area contributed by atoms with E-state index in [0.717, 1.165) is 43.1 Å². The van der Waals surface area contributed by atoms with E-state index in [9.17, 15) is 4.79 Å². The highest BCUT2D eigenvalue weighted by Crippen LogP contribution is 2.70. The number of carbonyl (C=O) groups excluding carboxylic acids is 1. The van der Waals surface area contributed by atoms with Crippen molar-refractivity contribution in [3.05, 3.63) is 11.6 Å². The van der Waals surface area contributed by atoms with Gasteiger partial charge in [0.25, 0.3) is 0 Å². The maximum Gasteiger partial charge on any atom is 0.302 e. The third kappa shape index (κ3) is 3.18. The summed E-state index contributed by atoms with van der Waals surface area (Å²) in [5, 5.41) is 3.88. The lowest BCUT2D eigenvalue weighted by Crippen LogP contribution is -2.57. The minimum Gasteiger partial charge on any atom is -0.462 e. The van der Waals surface area contributed by atoms with E-state index in [1.165, 1.54) is 44.9 Å². The lowest BCUT2D eigenvalue weighted by Gasteiger charge is -2.58. The normalized spacial score (nSPS) is 55.2. The van der Waals surface area contributed by atoms with E-state index in [1.807, 2.05) is 0 Å². The Labute approximate surface area is 200 Å². The van der Waals surface area contributed by atoms with E-state index in [-0.39, 0.29) is 17.8 Å². The van der Waals surface area contributed by atoms with Crippen LogP contribution in [0.1, 0.15) is 92.4 Å². The number of rotatable bonds is 1. The molecule has 5 fully saturated rings. The number of fused-ring (bicyclic) bond motifs is 7. The van der Waals surface area contributed by atoms with Crippen LogP contribution in [0.2, 0.25) is 0 Å². The smallest absolute Gasteiger partial charge is 0.302 e. The Balaban J connectivity index is 1.24. The summed E-state index contributed by atoms with van der Waals surface area (Å²) in [6, 6.07) is 0. The summed E-state index contributed by atoms with van der Waals surface area (Å²) in [6.07, 6.45) is 13.9. The Morgan fingerprint density at radius 1 is 1.12 bits per heavy atom. The molecule has 0 aromatic carbocycles. The molecule has 11 atom stereocenters. The van der Waals surface area contributed by atoms with E-state index in [2.05, 4.69) is 39.1 Å². The predicted octanol–water partition coefficient (Wildman–Crippen LogP) is 5.86. The van der Waals surface area contributed by atoms with E-state index in [1.54, 1.807) is 12.5 Å². The van der Waals surface area contributed by atoms with Crippen molar-refractivity contribution >= 4 is 5.97 Å². The molecule has 1 spiro atoms. The molecule has 0 unspecified atom stereocenters. The van der Waals surface area contributed by atoms with Crippen LogP contribution < -0.4 is 5.32 Å². The summed E-state index contributed by atoms with van der Waals surface area (Å²) in [7, 11) is 0. The molecular formula is C29H45NO3. The lowest BCUT2D eigenvalue weighted by molar-refractivity contribution is -0.148. The van der Waals surface area contributed by atoms with Crippen molar-refractivity contribution in [2.75, 3.05) is 6.54 Å². The Kier molecular flexibility index (Phi) is 5.18. The molecule has 6 rings (SSSR count). The summed E-state index contributed by atoms with van der Waals surface area (Å²) in [4.78, 5) is 11.5. The number of piperidine rings is 1. The SMILES string of the molecule is CC(=O)O[C@H]1CC[C@@]2(C)C(=CC[C@H]3[C@@H]4C[C@@H]5O[C@]6(CC[C@@H](C)CN6)[C@H](C)[C@@H]5[C@@]4(C)CC[C@@H]32)C1. The molecule has 6 aliphatic rings. The zero-order valence-corrected chi connectivity index (χ0v) is 21.5. The summed E-state index contributed by atoms with van der Waals surface area (Å²) < 4.78 is 12.6. The van der Waals surface area contributed by atoms with E-state index in [0.29, 0.717) is 28.8 Å². The first-order chi connectivity index (χ1) is 15.7. The van der Waals surface area contributed by atoms with Gasteiger partial charge in [0.15, 0.2) is 0 Å². The van der Waals surface area contributed by atoms with Crippen molar-refractivity contribution in [1.29, 1.82) is 0 Å². The highest BCUT2D eigenvalue weighted by Gasteiger charge is 2.68. The molecule has 33 heavy (non-hydrogen) atoms. The van der Waals surface area contributed by atoms with Crippen molar-refractivity contribution < 1.29 is 14.3 Å². The molecule has 4 heteroatoms. The predicted molar refractivity (Wildman–Crippen MR) is 129 cm³/mol. The first-order valence-electron chi connectivity index (χ1n) is 14.0. The third-order valence-electron chi connectivity index (χ3n) is 11.9. The fourth-order valence-electron chi connectivity index (χ4n) is 10.2. The fraction of sp³-hybridized carbons (Fsp3) is 0.897. The van der Waals surface area contributed by atoms with Crippen molar-refractivity contribution in [3.63, 3.8) is 0 Å². The average molecular weight is 456 g/mol. The first kappa shape index (κ1) is 22.6. The monoisotopic (exact) mass is 455 g/mol. The minimum absolute atomic E-state index is 0.0621. The lowest BCUT2D eigenvalue weighted by atomic mass is 9.47. The van der Waals surface area contributed by atoms with Gasteiger partial charge >= 0.3 is 5.97 Å². The number of carbonyl (C=O) groups is 1. The number of ether oxygens (including phenoxy) is 2. The largest absolute Gasteiger partial charge is 0.462 e. The summed E-state index contributed by atoms with van der Waals surface area (Å²) in [5.74, 6) is 4.30. The molecule has 2 saturated heterocycles. The van der Waals surface area contributed by atoms with Gasteiger partial charge in [-0.2, -0.15) is 0 Å². The van der Waals surface area contributed by atoms with Gasteiger partial charge in [-0.15, -0.1) is 0 Å². The molecule has 0 aromatic rings. The number of allylic oxidation sites excluding steroid dienone is 1. The molecule has 184 valence electrons. The van der Waals surface area contributed by atoms with Gasteiger partial charge in [-0.3, -0.25) is 10.1 Å². The molecule has 0 amide bonds. The molecule has 4 aliphatic carbocycles. The Hall–Kier alpha value is -0.870. The van der Waals surface area contributed by atoms with E-state index >= 15 is 0 Å². The van der Waals surface area contributed by atoms with Gasteiger partial charge < -0.3 is 9.47 Å². The van der Waals surface area contributed by atoms with Crippen LogP contribution in [0.3, 0.4) is 0 Å². The topological polar surface area (TPSA) is 47.6 Å². The number of hydrogen-bond donors (Lipinski definition) is 1. The molecule has 0 radical (unpaired) electrons. The summed E-state index contributed by atoms with van der Waals surface area (Å²) in [6.45, 7) is 12.7. The van der Waals surface area contributed by atoms with Gasteiger partial charge in [-0.1, -0.05) is 39.3 Å². The summed E-state index contributed by atoms with van der Waals surface area (Å²) in [5.41, 5.74) is 2.24. The van der Waals surface area contributed by atoms with Crippen LogP contribution >= 0.6 is 0 Å². The van der Waals surface area contributed by atoms with Crippen LogP contribution in [0.4, 0.5) is 0 Å². The van der Waals surface area contributed by atoms with Gasteiger partial charge in [-0.05, 0) is 91.8 Å².